The van der Waals surface area contributed by atoms with Crippen LogP contribution in [0, 0.1) is 5.92 Å². The summed E-state index contributed by atoms with van der Waals surface area (Å²) >= 11 is 0. The number of piperidine rings is 1. The van der Waals surface area contributed by atoms with E-state index in [2.05, 4.69) is 22.6 Å². The van der Waals surface area contributed by atoms with Crippen molar-refractivity contribution in [3.63, 3.8) is 0 Å². The van der Waals surface area contributed by atoms with Crippen molar-refractivity contribution in [1.29, 1.82) is 0 Å². The van der Waals surface area contributed by atoms with E-state index in [1.54, 1.807) is 0 Å². The van der Waals surface area contributed by atoms with Gasteiger partial charge in [-0.15, -0.1) is 17.5 Å². The first-order valence-corrected chi connectivity index (χ1v) is 8.55. The summed E-state index contributed by atoms with van der Waals surface area (Å²) in [6, 6.07) is 0.718. The Labute approximate surface area is 144 Å². The molecule has 7 heteroatoms. The summed E-state index contributed by atoms with van der Waals surface area (Å²) in [4.78, 5) is 14.5. The van der Waals surface area contributed by atoms with Crippen LogP contribution < -0.4 is 5.32 Å². The van der Waals surface area contributed by atoms with E-state index in [0.717, 1.165) is 38.8 Å². The zero-order chi connectivity index (χ0) is 15.5. The molecule has 2 atom stereocenters. The first-order chi connectivity index (χ1) is 10.6. The maximum atomic E-state index is 12.6. The van der Waals surface area contributed by atoms with Gasteiger partial charge in [0, 0.05) is 13.1 Å². The van der Waals surface area contributed by atoms with E-state index < -0.39 is 0 Å². The molecule has 6 nitrogen and oxygen atoms in total. The second-order valence-corrected chi connectivity index (χ2v) is 6.91. The van der Waals surface area contributed by atoms with Crippen molar-refractivity contribution in [1.82, 2.24) is 25.2 Å². The van der Waals surface area contributed by atoms with Crippen LogP contribution in [0.3, 0.4) is 0 Å². The van der Waals surface area contributed by atoms with Gasteiger partial charge in [0.05, 0.1) is 12.2 Å². The van der Waals surface area contributed by atoms with Crippen molar-refractivity contribution in [2.24, 2.45) is 5.92 Å². The number of nitrogens with zero attached hydrogens (tertiary/aromatic N) is 4. The van der Waals surface area contributed by atoms with Crippen molar-refractivity contribution in [3.05, 3.63) is 11.9 Å². The lowest BCUT2D eigenvalue weighted by Crippen LogP contribution is -2.40. The highest BCUT2D eigenvalue weighted by Crippen LogP contribution is 2.27. The van der Waals surface area contributed by atoms with Crippen LogP contribution >= 0.6 is 12.4 Å². The van der Waals surface area contributed by atoms with Gasteiger partial charge in [0.2, 0.25) is 0 Å². The van der Waals surface area contributed by atoms with Gasteiger partial charge < -0.3 is 10.2 Å². The Morgan fingerprint density at radius 3 is 2.74 bits per heavy atom. The predicted molar refractivity (Wildman–Crippen MR) is 91.9 cm³/mol. The lowest BCUT2D eigenvalue weighted by Gasteiger charge is -2.33. The molecule has 1 saturated carbocycles. The van der Waals surface area contributed by atoms with E-state index in [0.29, 0.717) is 23.7 Å². The van der Waals surface area contributed by atoms with E-state index in [1.165, 1.54) is 12.8 Å². The Kier molecular flexibility index (Phi) is 6.41. The third-order valence-electron chi connectivity index (χ3n) is 5.19. The zero-order valence-corrected chi connectivity index (χ0v) is 14.9. The van der Waals surface area contributed by atoms with Gasteiger partial charge in [-0.1, -0.05) is 25.0 Å². The molecule has 1 saturated heterocycles. The molecule has 2 aliphatic rings. The average Bonchev–Trinajstić information content (AvgIpc) is 3.04. The molecular formula is C16H28ClN5O. The molecule has 0 radical (unpaired) electrons. The minimum atomic E-state index is 0. The molecule has 1 aliphatic heterocycles. The predicted octanol–water partition coefficient (Wildman–Crippen LogP) is 2.28. The standard InChI is InChI=1S/C16H27N5O.ClH/c1-12-4-3-5-14(10-12)20(2)16(22)15-11-21(19-18-15)13-6-8-17-9-7-13;/h11-14,17H,3-10H2,1-2H3;1H. The van der Waals surface area contributed by atoms with Gasteiger partial charge in [0.25, 0.3) is 5.91 Å². The summed E-state index contributed by atoms with van der Waals surface area (Å²) in [6.45, 7) is 4.29. The van der Waals surface area contributed by atoms with Crippen molar-refractivity contribution >= 4 is 18.3 Å². The molecule has 1 N–H and O–H groups in total. The fraction of sp³-hybridized carbons (Fsp3) is 0.812. The van der Waals surface area contributed by atoms with Crippen LogP contribution in [-0.4, -0.2) is 52.0 Å². The largest absolute Gasteiger partial charge is 0.337 e. The Bertz CT molecular complexity index is 514. The highest BCUT2D eigenvalue weighted by molar-refractivity contribution is 5.92. The van der Waals surface area contributed by atoms with Crippen molar-refractivity contribution < 1.29 is 4.79 Å². The highest BCUT2D eigenvalue weighted by atomic mass is 35.5. The molecule has 1 aromatic rings. The molecule has 23 heavy (non-hydrogen) atoms. The fourth-order valence-electron chi connectivity index (χ4n) is 3.72. The van der Waals surface area contributed by atoms with Gasteiger partial charge in [-0.3, -0.25) is 4.79 Å². The summed E-state index contributed by atoms with van der Waals surface area (Å²) in [7, 11) is 1.91. The fourth-order valence-corrected chi connectivity index (χ4v) is 3.72. The minimum Gasteiger partial charge on any atom is -0.337 e. The Hall–Kier alpha value is -1.14. The molecule has 0 bridgehead atoms. The second kappa shape index (κ2) is 8.11. The third-order valence-corrected chi connectivity index (χ3v) is 5.19. The lowest BCUT2D eigenvalue weighted by molar-refractivity contribution is 0.0666. The first-order valence-electron chi connectivity index (χ1n) is 8.55. The van der Waals surface area contributed by atoms with Crippen LogP contribution in [0.1, 0.15) is 62.0 Å². The molecule has 2 fully saturated rings. The van der Waals surface area contributed by atoms with Crippen LogP contribution in [-0.2, 0) is 0 Å². The molecule has 1 aliphatic carbocycles. The second-order valence-electron chi connectivity index (χ2n) is 6.91. The van der Waals surface area contributed by atoms with Crippen LogP contribution in [0.5, 0.6) is 0 Å². The molecular weight excluding hydrogens is 314 g/mol. The number of hydrogen-bond acceptors (Lipinski definition) is 4. The minimum absolute atomic E-state index is 0. The Balaban J connectivity index is 0.00000192. The smallest absolute Gasteiger partial charge is 0.276 e. The molecule has 1 aromatic heterocycles. The lowest BCUT2D eigenvalue weighted by atomic mass is 9.86. The van der Waals surface area contributed by atoms with E-state index in [4.69, 9.17) is 0 Å². The van der Waals surface area contributed by atoms with Crippen molar-refractivity contribution in [2.75, 3.05) is 20.1 Å². The molecule has 0 aromatic carbocycles. The quantitative estimate of drug-likeness (QED) is 0.916. The number of hydrogen-bond donors (Lipinski definition) is 1. The normalized spacial score (nSPS) is 25.7. The van der Waals surface area contributed by atoms with Crippen LogP contribution in [0.2, 0.25) is 0 Å². The molecule has 1 amide bonds. The van der Waals surface area contributed by atoms with E-state index in [1.807, 2.05) is 22.8 Å². The van der Waals surface area contributed by atoms with Crippen LogP contribution in [0.4, 0.5) is 0 Å². The van der Waals surface area contributed by atoms with Gasteiger partial charge in [-0.2, -0.15) is 0 Å². The Morgan fingerprint density at radius 2 is 2.04 bits per heavy atom. The topological polar surface area (TPSA) is 63.1 Å². The summed E-state index contributed by atoms with van der Waals surface area (Å²) in [5.74, 6) is 0.721. The molecule has 0 spiro atoms. The van der Waals surface area contributed by atoms with E-state index in [9.17, 15) is 4.79 Å². The first kappa shape index (κ1) is 18.2. The molecule has 130 valence electrons. The number of halogens is 1. The summed E-state index contributed by atoms with van der Waals surface area (Å²) in [5, 5.41) is 11.7. The highest BCUT2D eigenvalue weighted by Gasteiger charge is 2.28. The number of aromatic nitrogens is 3. The van der Waals surface area contributed by atoms with Crippen LogP contribution in [0.25, 0.3) is 0 Å². The Morgan fingerprint density at radius 1 is 1.30 bits per heavy atom. The third kappa shape index (κ3) is 4.23. The van der Waals surface area contributed by atoms with Gasteiger partial charge >= 0.3 is 0 Å². The average molecular weight is 342 g/mol. The summed E-state index contributed by atoms with van der Waals surface area (Å²) < 4.78 is 1.88. The maximum Gasteiger partial charge on any atom is 0.276 e. The van der Waals surface area contributed by atoms with Crippen LogP contribution in [0.15, 0.2) is 6.20 Å². The number of rotatable bonds is 3. The molecule has 2 unspecified atom stereocenters. The number of amides is 1. The molecule has 3 rings (SSSR count). The van der Waals surface area contributed by atoms with Crippen molar-refractivity contribution in [2.45, 2.75) is 57.5 Å². The van der Waals surface area contributed by atoms with Gasteiger partial charge in [0.1, 0.15) is 0 Å². The van der Waals surface area contributed by atoms with Gasteiger partial charge in [-0.25, -0.2) is 4.68 Å². The molecule has 2 heterocycles. The maximum absolute atomic E-state index is 12.6. The van der Waals surface area contributed by atoms with Gasteiger partial charge in [0.15, 0.2) is 5.69 Å². The van der Waals surface area contributed by atoms with Gasteiger partial charge in [-0.05, 0) is 44.7 Å². The SMILES string of the molecule is CC1CCCC(N(C)C(=O)c2cn(C3CCNCC3)nn2)C1.Cl. The zero-order valence-electron chi connectivity index (χ0n) is 14.1. The summed E-state index contributed by atoms with van der Waals surface area (Å²) in [5.41, 5.74) is 0.485. The summed E-state index contributed by atoms with van der Waals surface area (Å²) in [6.07, 6.45) is 8.64. The monoisotopic (exact) mass is 341 g/mol. The van der Waals surface area contributed by atoms with E-state index >= 15 is 0 Å². The van der Waals surface area contributed by atoms with Crippen molar-refractivity contribution in [3.8, 4) is 0 Å². The van der Waals surface area contributed by atoms with E-state index in [-0.39, 0.29) is 18.3 Å². The number of carbonyl (C=O) groups excluding carboxylic acids is 1. The number of nitrogens with one attached hydrogen (secondary N) is 1. The number of carbonyl (C=O) groups is 1.